The molecule has 6 nitrogen and oxygen atoms in total. The van der Waals surface area contributed by atoms with Crippen LogP contribution >= 0.6 is 0 Å². The zero-order chi connectivity index (χ0) is 16.7. The van der Waals surface area contributed by atoms with Gasteiger partial charge in [0.25, 0.3) is 0 Å². The first-order valence-corrected chi connectivity index (χ1v) is 9.67. The van der Waals surface area contributed by atoms with Crippen molar-refractivity contribution in [2.24, 2.45) is 4.99 Å². The van der Waals surface area contributed by atoms with E-state index in [4.69, 9.17) is 4.74 Å². The van der Waals surface area contributed by atoms with Crippen LogP contribution < -0.4 is 10.6 Å². The van der Waals surface area contributed by atoms with Crippen molar-refractivity contribution >= 4 is 15.8 Å². The van der Waals surface area contributed by atoms with E-state index in [-0.39, 0.29) is 17.5 Å². The Morgan fingerprint density at radius 2 is 2.09 bits per heavy atom. The molecule has 1 atom stereocenters. The van der Waals surface area contributed by atoms with E-state index in [1.165, 1.54) is 0 Å². The molecular formula is C16H25N3O3S. The van der Waals surface area contributed by atoms with E-state index in [1.54, 1.807) is 7.11 Å². The van der Waals surface area contributed by atoms with Gasteiger partial charge in [0.05, 0.1) is 24.7 Å². The number of aliphatic imine (C=N–C) groups is 1. The van der Waals surface area contributed by atoms with Crippen molar-refractivity contribution in [3.63, 3.8) is 0 Å². The number of sulfone groups is 1. The van der Waals surface area contributed by atoms with Crippen molar-refractivity contribution in [2.75, 3.05) is 25.2 Å². The van der Waals surface area contributed by atoms with E-state index in [9.17, 15) is 8.42 Å². The lowest BCUT2D eigenvalue weighted by atomic mass is 10.1. The van der Waals surface area contributed by atoms with Crippen molar-refractivity contribution in [3.05, 3.63) is 35.4 Å². The van der Waals surface area contributed by atoms with Crippen LogP contribution in [0, 0.1) is 0 Å². The van der Waals surface area contributed by atoms with Crippen LogP contribution in [-0.2, 0) is 27.7 Å². The maximum Gasteiger partial charge on any atom is 0.191 e. The second kappa shape index (κ2) is 8.31. The number of guanidine groups is 1. The number of benzene rings is 1. The van der Waals surface area contributed by atoms with Crippen molar-refractivity contribution in [1.29, 1.82) is 0 Å². The van der Waals surface area contributed by atoms with Crippen molar-refractivity contribution in [1.82, 2.24) is 10.6 Å². The Balaban J connectivity index is 2.04. The van der Waals surface area contributed by atoms with Gasteiger partial charge < -0.3 is 15.4 Å². The number of nitrogens with zero attached hydrogens (tertiary/aromatic N) is 1. The van der Waals surface area contributed by atoms with Crippen LogP contribution in [-0.4, -0.2) is 45.6 Å². The summed E-state index contributed by atoms with van der Waals surface area (Å²) in [6.45, 7) is 3.79. The molecule has 1 aromatic carbocycles. The summed E-state index contributed by atoms with van der Waals surface area (Å²) in [5, 5.41) is 6.39. The third kappa shape index (κ3) is 5.51. The highest BCUT2D eigenvalue weighted by molar-refractivity contribution is 7.91. The highest BCUT2D eigenvalue weighted by Gasteiger charge is 2.28. The summed E-state index contributed by atoms with van der Waals surface area (Å²) in [6.07, 6.45) is 0.632. The molecule has 2 N–H and O–H groups in total. The fraction of sp³-hybridized carbons (Fsp3) is 0.562. The lowest BCUT2D eigenvalue weighted by Crippen LogP contribution is -2.44. The number of hydrogen-bond donors (Lipinski definition) is 2. The Morgan fingerprint density at radius 1 is 1.35 bits per heavy atom. The van der Waals surface area contributed by atoms with Gasteiger partial charge in [-0.2, -0.15) is 0 Å². The Bertz CT molecular complexity index is 644. The Kier molecular flexibility index (Phi) is 6.41. The normalized spacial score (nSPS) is 20.4. The van der Waals surface area contributed by atoms with Gasteiger partial charge in [0.2, 0.25) is 0 Å². The predicted octanol–water partition coefficient (Wildman–Crippen LogP) is 1.08. The summed E-state index contributed by atoms with van der Waals surface area (Å²) >= 11 is 0. The molecule has 2 rings (SSSR count). The first kappa shape index (κ1) is 17.7. The maximum absolute atomic E-state index is 11.6. The second-order valence-electron chi connectivity index (χ2n) is 5.64. The molecule has 23 heavy (non-hydrogen) atoms. The zero-order valence-corrected chi connectivity index (χ0v) is 14.5. The first-order valence-electron chi connectivity index (χ1n) is 7.85. The maximum atomic E-state index is 11.6. The van der Waals surface area contributed by atoms with Gasteiger partial charge in [-0.1, -0.05) is 24.3 Å². The lowest BCUT2D eigenvalue weighted by Gasteiger charge is -2.16. The van der Waals surface area contributed by atoms with Crippen LogP contribution in [0.1, 0.15) is 24.5 Å². The minimum absolute atomic E-state index is 0.0629. The molecule has 0 aromatic heterocycles. The Labute approximate surface area is 138 Å². The molecule has 1 saturated heterocycles. The average Bonchev–Trinajstić information content (AvgIpc) is 2.85. The summed E-state index contributed by atoms with van der Waals surface area (Å²) in [5.41, 5.74) is 2.21. The van der Waals surface area contributed by atoms with Gasteiger partial charge in [-0.3, -0.25) is 0 Å². The molecule has 0 aliphatic carbocycles. The second-order valence-corrected chi connectivity index (χ2v) is 7.87. The molecule has 1 aliphatic heterocycles. The van der Waals surface area contributed by atoms with E-state index >= 15 is 0 Å². The molecule has 7 heteroatoms. The van der Waals surface area contributed by atoms with Crippen molar-refractivity contribution in [3.8, 4) is 0 Å². The summed E-state index contributed by atoms with van der Waals surface area (Å²) in [4.78, 5) is 4.58. The topological polar surface area (TPSA) is 79.8 Å². The minimum Gasteiger partial charge on any atom is -0.380 e. The number of hydrogen-bond acceptors (Lipinski definition) is 4. The van der Waals surface area contributed by atoms with Crippen LogP contribution in [0.2, 0.25) is 0 Å². The van der Waals surface area contributed by atoms with E-state index in [2.05, 4.69) is 15.6 Å². The highest BCUT2D eigenvalue weighted by atomic mass is 32.2. The molecule has 0 spiro atoms. The molecule has 1 aromatic rings. The number of nitrogens with one attached hydrogen (secondary N) is 2. The summed E-state index contributed by atoms with van der Waals surface area (Å²) in [6, 6.07) is 7.95. The largest absolute Gasteiger partial charge is 0.380 e. The number of methoxy groups -OCH3 is 1. The van der Waals surface area contributed by atoms with E-state index in [0.29, 0.717) is 25.5 Å². The van der Waals surface area contributed by atoms with Gasteiger partial charge in [-0.15, -0.1) is 0 Å². The van der Waals surface area contributed by atoms with Gasteiger partial charge in [-0.05, 0) is 24.5 Å². The number of rotatable bonds is 6. The summed E-state index contributed by atoms with van der Waals surface area (Å²) in [7, 11) is -1.23. The molecule has 0 radical (unpaired) electrons. The quantitative estimate of drug-likeness (QED) is 0.599. The third-order valence-electron chi connectivity index (χ3n) is 3.74. The molecule has 128 valence electrons. The zero-order valence-electron chi connectivity index (χ0n) is 13.7. The predicted molar refractivity (Wildman–Crippen MR) is 92.2 cm³/mol. The molecule has 0 amide bonds. The third-order valence-corrected chi connectivity index (χ3v) is 5.51. The van der Waals surface area contributed by atoms with Gasteiger partial charge in [0, 0.05) is 19.7 Å². The van der Waals surface area contributed by atoms with Crippen LogP contribution in [0.4, 0.5) is 0 Å². The minimum atomic E-state index is -2.90. The highest BCUT2D eigenvalue weighted by Crippen LogP contribution is 2.13. The summed E-state index contributed by atoms with van der Waals surface area (Å²) < 4.78 is 28.3. The fourth-order valence-corrected chi connectivity index (χ4v) is 4.27. The van der Waals surface area contributed by atoms with Crippen LogP contribution in [0.5, 0.6) is 0 Å². The average molecular weight is 339 g/mol. The SMILES string of the molecule is CCNC(=NCc1ccccc1COC)NC1CCS(=O)(=O)C1. The molecule has 1 aliphatic rings. The van der Waals surface area contributed by atoms with E-state index < -0.39 is 9.84 Å². The monoisotopic (exact) mass is 339 g/mol. The van der Waals surface area contributed by atoms with Crippen LogP contribution in [0.3, 0.4) is 0 Å². The van der Waals surface area contributed by atoms with Crippen molar-refractivity contribution < 1.29 is 13.2 Å². The smallest absolute Gasteiger partial charge is 0.191 e. The lowest BCUT2D eigenvalue weighted by molar-refractivity contribution is 0.184. The van der Waals surface area contributed by atoms with Gasteiger partial charge >= 0.3 is 0 Å². The first-order chi connectivity index (χ1) is 11.0. The molecule has 1 unspecified atom stereocenters. The summed E-state index contributed by atoms with van der Waals surface area (Å²) in [5.74, 6) is 1.08. The van der Waals surface area contributed by atoms with E-state index in [0.717, 1.165) is 17.7 Å². The molecular weight excluding hydrogens is 314 g/mol. The Hall–Kier alpha value is -1.60. The number of ether oxygens (including phenoxy) is 1. The molecule has 0 saturated carbocycles. The van der Waals surface area contributed by atoms with Crippen LogP contribution in [0.25, 0.3) is 0 Å². The van der Waals surface area contributed by atoms with Gasteiger partial charge in [0.15, 0.2) is 15.8 Å². The van der Waals surface area contributed by atoms with Crippen LogP contribution in [0.15, 0.2) is 29.3 Å². The standard InChI is InChI=1S/C16H25N3O3S/c1-3-17-16(19-15-8-9-23(20,21)12-15)18-10-13-6-4-5-7-14(13)11-22-2/h4-7,15H,3,8-12H2,1-2H3,(H2,17,18,19). The molecule has 1 heterocycles. The molecule has 1 fully saturated rings. The van der Waals surface area contributed by atoms with Gasteiger partial charge in [-0.25, -0.2) is 13.4 Å². The van der Waals surface area contributed by atoms with Gasteiger partial charge in [0.1, 0.15) is 0 Å². The van der Waals surface area contributed by atoms with Crippen molar-refractivity contribution in [2.45, 2.75) is 32.5 Å². The fourth-order valence-electron chi connectivity index (χ4n) is 2.59. The van der Waals surface area contributed by atoms with E-state index in [1.807, 2.05) is 31.2 Å². The molecule has 0 bridgehead atoms. The Morgan fingerprint density at radius 3 is 2.70 bits per heavy atom.